The van der Waals surface area contributed by atoms with Crippen molar-refractivity contribution in [1.82, 2.24) is 9.97 Å². The molecule has 2 atom stereocenters. The number of nitriles is 1. The van der Waals surface area contributed by atoms with Crippen molar-refractivity contribution >= 4 is 11.5 Å². The van der Waals surface area contributed by atoms with E-state index in [4.69, 9.17) is 0 Å². The molecule has 8 heteroatoms. The molecule has 2 saturated heterocycles. The first-order valence-corrected chi connectivity index (χ1v) is 9.29. The van der Waals surface area contributed by atoms with E-state index in [2.05, 4.69) is 19.8 Å². The Morgan fingerprint density at radius 2 is 1.96 bits per heavy atom. The first-order valence-electron chi connectivity index (χ1n) is 9.29. The summed E-state index contributed by atoms with van der Waals surface area (Å²) in [5.74, 6) is 2.04. The van der Waals surface area contributed by atoms with Crippen molar-refractivity contribution < 1.29 is 13.2 Å². The molecule has 2 aliphatic rings. The highest BCUT2D eigenvalue weighted by Crippen LogP contribution is 2.39. The maximum Gasteiger partial charge on any atom is 0.416 e. The van der Waals surface area contributed by atoms with Gasteiger partial charge in [-0.25, -0.2) is 9.97 Å². The maximum atomic E-state index is 13.0. The van der Waals surface area contributed by atoms with Crippen molar-refractivity contribution in [3.05, 3.63) is 47.4 Å². The Balaban J connectivity index is 1.62. The first kappa shape index (κ1) is 18.5. The Kier molecular flexibility index (Phi) is 4.61. The predicted octanol–water partition coefficient (Wildman–Crippen LogP) is 3.78. The fraction of sp³-hybridized carbons (Fsp3) is 0.450. The van der Waals surface area contributed by atoms with Gasteiger partial charge in [0.15, 0.2) is 0 Å². The molecule has 3 heterocycles. The number of nitrogens with zero attached hydrogens (tertiary/aromatic N) is 5. The van der Waals surface area contributed by atoms with E-state index in [1.54, 1.807) is 6.20 Å². The first-order chi connectivity index (χ1) is 13.4. The Bertz CT molecular complexity index is 921. The molecule has 0 amide bonds. The van der Waals surface area contributed by atoms with E-state index < -0.39 is 11.7 Å². The van der Waals surface area contributed by atoms with E-state index in [1.807, 2.05) is 19.1 Å². The van der Waals surface area contributed by atoms with E-state index in [1.165, 1.54) is 6.07 Å². The van der Waals surface area contributed by atoms with Crippen LogP contribution in [0.15, 0.2) is 30.5 Å². The number of piperidine rings is 1. The molecular formula is C20H20F3N5. The van der Waals surface area contributed by atoms with Gasteiger partial charge in [0, 0.05) is 31.9 Å². The van der Waals surface area contributed by atoms with Gasteiger partial charge in [0.2, 0.25) is 0 Å². The van der Waals surface area contributed by atoms with E-state index >= 15 is 0 Å². The summed E-state index contributed by atoms with van der Waals surface area (Å²) < 4.78 is 39.0. The van der Waals surface area contributed by atoms with Crippen LogP contribution in [0.4, 0.5) is 24.7 Å². The molecule has 2 fully saturated rings. The molecule has 1 aromatic heterocycles. The van der Waals surface area contributed by atoms with Crippen LogP contribution in [0.1, 0.15) is 29.8 Å². The van der Waals surface area contributed by atoms with Crippen molar-refractivity contribution in [2.75, 3.05) is 29.4 Å². The number of rotatable bonds is 2. The van der Waals surface area contributed by atoms with Gasteiger partial charge in [0.25, 0.3) is 0 Å². The van der Waals surface area contributed by atoms with Crippen LogP contribution in [0, 0.1) is 24.2 Å². The normalized spacial score (nSPS) is 22.1. The second kappa shape index (κ2) is 6.97. The van der Waals surface area contributed by atoms with E-state index in [-0.39, 0.29) is 11.6 Å². The number of hydrogen-bond donors (Lipinski definition) is 0. The molecular weight excluding hydrogens is 367 g/mol. The SMILES string of the molecule is Cc1nccc(N2CCC3CCN(c4ccc(C(F)(F)F)cc4C#N)C3C2)n1. The molecule has 2 unspecified atom stereocenters. The smallest absolute Gasteiger partial charge is 0.365 e. The third-order valence-corrected chi connectivity index (χ3v) is 5.70. The second-order valence-electron chi connectivity index (χ2n) is 7.35. The molecule has 0 bridgehead atoms. The minimum atomic E-state index is -4.45. The Morgan fingerprint density at radius 1 is 1.18 bits per heavy atom. The zero-order valence-corrected chi connectivity index (χ0v) is 15.4. The molecule has 1 aromatic carbocycles. The molecule has 5 nitrogen and oxygen atoms in total. The summed E-state index contributed by atoms with van der Waals surface area (Å²) in [5, 5.41) is 9.45. The summed E-state index contributed by atoms with van der Waals surface area (Å²) in [6, 6.07) is 7.45. The average Bonchev–Trinajstić information content (AvgIpc) is 3.09. The second-order valence-corrected chi connectivity index (χ2v) is 7.35. The zero-order valence-electron chi connectivity index (χ0n) is 15.4. The fourth-order valence-corrected chi connectivity index (χ4v) is 4.32. The molecule has 146 valence electrons. The molecule has 0 radical (unpaired) electrons. The minimum Gasteiger partial charge on any atom is -0.365 e. The molecule has 0 aliphatic carbocycles. The van der Waals surface area contributed by atoms with Crippen LogP contribution in [-0.2, 0) is 6.18 Å². The van der Waals surface area contributed by atoms with Gasteiger partial charge in [-0.1, -0.05) is 0 Å². The quantitative estimate of drug-likeness (QED) is 0.785. The van der Waals surface area contributed by atoms with Crippen molar-refractivity contribution in [1.29, 1.82) is 5.26 Å². The summed E-state index contributed by atoms with van der Waals surface area (Å²) in [4.78, 5) is 12.9. The molecule has 2 aliphatic heterocycles. The lowest BCUT2D eigenvalue weighted by Crippen LogP contribution is -2.48. The van der Waals surface area contributed by atoms with E-state index in [0.29, 0.717) is 17.4 Å². The average molecular weight is 387 g/mol. The lowest BCUT2D eigenvalue weighted by atomic mass is 9.92. The minimum absolute atomic E-state index is 0.0745. The van der Waals surface area contributed by atoms with Crippen LogP contribution in [-0.4, -0.2) is 35.6 Å². The van der Waals surface area contributed by atoms with Crippen LogP contribution in [0.25, 0.3) is 0 Å². The van der Waals surface area contributed by atoms with Gasteiger partial charge in [-0.2, -0.15) is 18.4 Å². The lowest BCUT2D eigenvalue weighted by molar-refractivity contribution is -0.137. The van der Waals surface area contributed by atoms with Gasteiger partial charge in [-0.05, 0) is 49.9 Å². The largest absolute Gasteiger partial charge is 0.416 e. The van der Waals surface area contributed by atoms with Crippen molar-refractivity contribution in [2.45, 2.75) is 32.0 Å². The summed E-state index contributed by atoms with van der Waals surface area (Å²) >= 11 is 0. The molecule has 28 heavy (non-hydrogen) atoms. The summed E-state index contributed by atoms with van der Waals surface area (Å²) in [7, 11) is 0. The third-order valence-electron chi connectivity index (χ3n) is 5.70. The number of anilines is 2. The Hall–Kier alpha value is -2.82. The highest BCUT2D eigenvalue weighted by atomic mass is 19.4. The third kappa shape index (κ3) is 3.37. The van der Waals surface area contributed by atoms with E-state index in [9.17, 15) is 18.4 Å². The Morgan fingerprint density at radius 3 is 2.68 bits per heavy atom. The van der Waals surface area contributed by atoms with Crippen LogP contribution in [0.2, 0.25) is 0 Å². The standard InChI is InChI=1S/C20H20F3N5/c1-13-25-7-4-19(26-13)27-8-5-14-6-9-28(18(14)12-27)17-3-2-16(20(21,22)23)10-15(17)11-24/h2-4,7,10,14,18H,5-6,8-9,12H2,1H3. The maximum absolute atomic E-state index is 13.0. The number of hydrogen-bond acceptors (Lipinski definition) is 5. The van der Waals surface area contributed by atoms with Crippen LogP contribution in [0.5, 0.6) is 0 Å². The zero-order chi connectivity index (χ0) is 19.9. The Labute approximate surface area is 161 Å². The topological polar surface area (TPSA) is 56.1 Å². The number of halogens is 3. The number of aryl methyl sites for hydroxylation is 1. The monoisotopic (exact) mass is 387 g/mol. The predicted molar refractivity (Wildman–Crippen MR) is 99.0 cm³/mol. The van der Waals surface area contributed by atoms with Crippen LogP contribution >= 0.6 is 0 Å². The van der Waals surface area contributed by atoms with Crippen molar-refractivity contribution in [3.63, 3.8) is 0 Å². The van der Waals surface area contributed by atoms with Gasteiger partial charge in [-0.3, -0.25) is 0 Å². The molecule has 2 aromatic rings. The number of benzene rings is 1. The molecule has 0 saturated carbocycles. The van der Waals surface area contributed by atoms with Crippen molar-refractivity contribution in [2.24, 2.45) is 5.92 Å². The highest BCUT2D eigenvalue weighted by Gasteiger charge is 2.40. The summed E-state index contributed by atoms with van der Waals surface area (Å²) in [5.41, 5.74) is -0.125. The highest BCUT2D eigenvalue weighted by molar-refractivity contribution is 5.62. The van der Waals surface area contributed by atoms with E-state index in [0.717, 1.165) is 50.4 Å². The lowest BCUT2D eigenvalue weighted by Gasteiger charge is -2.40. The van der Waals surface area contributed by atoms with Gasteiger partial charge in [0.05, 0.1) is 16.8 Å². The molecule has 0 N–H and O–H groups in total. The van der Waals surface area contributed by atoms with Gasteiger partial charge in [-0.15, -0.1) is 0 Å². The number of aromatic nitrogens is 2. The van der Waals surface area contributed by atoms with Gasteiger partial charge in [0.1, 0.15) is 17.7 Å². The van der Waals surface area contributed by atoms with Crippen molar-refractivity contribution in [3.8, 4) is 6.07 Å². The van der Waals surface area contributed by atoms with Gasteiger partial charge < -0.3 is 9.80 Å². The number of fused-ring (bicyclic) bond motifs is 1. The van der Waals surface area contributed by atoms with Crippen LogP contribution in [0.3, 0.4) is 0 Å². The molecule has 0 spiro atoms. The van der Waals surface area contributed by atoms with Crippen LogP contribution < -0.4 is 9.80 Å². The fourth-order valence-electron chi connectivity index (χ4n) is 4.32. The number of alkyl halides is 3. The summed E-state index contributed by atoms with van der Waals surface area (Å²) in [6.07, 6.45) is -0.746. The molecule has 4 rings (SSSR count). The summed E-state index contributed by atoms with van der Waals surface area (Å²) in [6.45, 7) is 4.21. The van der Waals surface area contributed by atoms with Gasteiger partial charge >= 0.3 is 6.18 Å².